The second-order valence-electron chi connectivity index (χ2n) is 7.54. The van der Waals surface area contributed by atoms with Crippen molar-refractivity contribution in [2.45, 2.75) is 38.7 Å². The zero-order valence-electron chi connectivity index (χ0n) is 17.3. The average Bonchev–Trinajstić information content (AvgIpc) is 3.13. The Morgan fingerprint density at radius 3 is 2.58 bits per heavy atom. The van der Waals surface area contributed by atoms with Crippen LogP contribution in [0.5, 0.6) is 0 Å². The maximum Gasteiger partial charge on any atom is 0.291 e. The van der Waals surface area contributed by atoms with E-state index in [2.05, 4.69) is 10.5 Å². The lowest BCUT2D eigenvalue weighted by molar-refractivity contribution is -0.145. The Bertz CT molecular complexity index is 929. The highest BCUT2D eigenvalue weighted by Crippen LogP contribution is 2.20. The number of fused-ring (bicyclic) bond motifs is 1. The minimum atomic E-state index is -2.41. The van der Waals surface area contributed by atoms with Gasteiger partial charge in [-0.3, -0.25) is 24.6 Å². The summed E-state index contributed by atoms with van der Waals surface area (Å²) in [4.78, 5) is 48.6. The maximum absolute atomic E-state index is 13.3. The first-order chi connectivity index (χ1) is 14.6. The Morgan fingerprint density at radius 1 is 1.29 bits per heavy atom. The number of hydrogen-bond donors (Lipinski definition) is 2. The smallest absolute Gasteiger partial charge is 0.291 e. The molecule has 168 valence electrons. The Balaban J connectivity index is 2.16. The van der Waals surface area contributed by atoms with Crippen LogP contribution in [0, 0.1) is 11.8 Å². The van der Waals surface area contributed by atoms with Crippen LogP contribution in [0.25, 0.3) is 5.52 Å². The van der Waals surface area contributed by atoms with Crippen LogP contribution in [-0.4, -0.2) is 50.3 Å². The summed E-state index contributed by atoms with van der Waals surface area (Å²) in [5, 5.41) is 4.84. The van der Waals surface area contributed by atoms with Gasteiger partial charge < -0.3 is 5.73 Å². The SMILES string of the molecule is CC(C)C[C@H](CC(=O)c1cc2ccccn2n1)C(=O)NN(CCC(N)=O)C(=O)[C@@H](F)Cl. The third-order valence-electron chi connectivity index (χ3n) is 4.49. The lowest BCUT2D eigenvalue weighted by Crippen LogP contribution is -2.51. The van der Waals surface area contributed by atoms with Gasteiger partial charge in [0.1, 0.15) is 5.69 Å². The number of nitrogens with one attached hydrogen (secondary N) is 1. The van der Waals surface area contributed by atoms with Crippen LogP contribution >= 0.6 is 11.6 Å². The van der Waals surface area contributed by atoms with Crippen molar-refractivity contribution in [1.29, 1.82) is 0 Å². The fraction of sp³-hybridized carbons (Fsp3) is 0.450. The van der Waals surface area contributed by atoms with Crippen molar-refractivity contribution in [1.82, 2.24) is 20.0 Å². The molecule has 9 nitrogen and oxygen atoms in total. The standard InChI is InChI=1S/C20H25ClFN5O4/c1-12(2)9-13(10-16(28)15-11-14-5-3-4-7-26(14)24-15)19(30)25-27(8-6-17(23)29)20(31)18(21)22/h3-5,7,11-13,18H,6,8-10H2,1-2H3,(H2,23,29)(H,25,30)/t13-,18-/m1/s1. The molecule has 0 fully saturated rings. The predicted octanol–water partition coefficient (Wildman–Crippen LogP) is 1.84. The number of halogens is 2. The maximum atomic E-state index is 13.3. The van der Waals surface area contributed by atoms with Crippen molar-refractivity contribution < 1.29 is 23.6 Å². The van der Waals surface area contributed by atoms with Crippen LogP contribution in [0.2, 0.25) is 0 Å². The van der Waals surface area contributed by atoms with E-state index in [9.17, 15) is 23.6 Å². The highest BCUT2D eigenvalue weighted by Gasteiger charge is 2.29. The largest absolute Gasteiger partial charge is 0.370 e. The number of alkyl halides is 2. The molecule has 0 aliphatic rings. The molecule has 2 atom stereocenters. The molecule has 11 heteroatoms. The summed E-state index contributed by atoms with van der Waals surface area (Å²) in [5.41, 5.74) is 5.88. The first-order valence-corrected chi connectivity index (χ1v) is 10.2. The zero-order chi connectivity index (χ0) is 23.1. The molecule has 2 heterocycles. The van der Waals surface area contributed by atoms with E-state index in [4.69, 9.17) is 17.3 Å². The number of primary amides is 1. The topological polar surface area (TPSA) is 127 Å². The van der Waals surface area contributed by atoms with Crippen molar-refractivity contribution in [2.24, 2.45) is 17.6 Å². The van der Waals surface area contributed by atoms with E-state index in [1.54, 1.807) is 28.9 Å². The molecule has 0 unspecified atom stereocenters. The summed E-state index contributed by atoms with van der Waals surface area (Å²) in [6.07, 6.45) is 1.57. The number of rotatable bonds is 10. The van der Waals surface area contributed by atoms with Crippen molar-refractivity contribution in [3.8, 4) is 0 Å². The molecule has 2 rings (SSSR count). The minimum Gasteiger partial charge on any atom is -0.370 e. The summed E-state index contributed by atoms with van der Waals surface area (Å²) in [6, 6.07) is 7.00. The number of nitrogens with zero attached hydrogens (tertiary/aromatic N) is 3. The van der Waals surface area contributed by atoms with Gasteiger partial charge in [0.2, 0.25) is 11.8 Å². The van der Waals surface area contributed by atoms with E-state index in [-0.39, 0.29) is 36.8 Å². The van der Waals surface area contributed by atoms with E-state index in [0.29, 0.717) is 11.4 Å². The van der Waals surface area contributed by atoms with Crippen LogP contribution in [0.3, 0.4) is 0 Å². The van der Waals surface area contributed by atoms with Gasteiger partial charge in [-0.15, -0.1) is 0 Å². The lowest BCUT2D eigenvalue weighted by atomic mass is 9.91. The summed E-state index contributed by atoms with van der Waals surface area (Å²) in [6.45, 7) is 3.41. The molecule has 0 radical (unpaired) electrons. The molecule has 0 spiro atoms. The molecule has 3 amide bonds. The Kier molecular flexibility index (Phi) is 8.49. The summed E-state index contributed by atoms with van der Waals surface area (Å²) < 4.78 is 14.9. The van der Waals surface area contributed by atoms with Gasteiger partial charge in [0.05, 0.1) is 12.1 Å². The Hall–Kier alpha value is -3.01. The number of pyridine rings is 1. The van der Waals surface area contributed by atoms with Crippen molar-refractivity contribution in [2.75, 3.05) is 6.54 Å². The van der Waals surface area contributed by atoms with Crippen LogP contribution in [0.1, 0.15) is 43.6 Å². The molecule has 0 aliphatic carbocycles. The van der Waals surface area contributed by atoms with Crippen LogP contribution in [0.4, 0.5) is 4.39 Å². The summed E-state index contributed by atoms with van der Waals surface area (Å²) >= 11 is 5.20. The molecule has 2 aromatic rings. The molecule has 2 aromatic heterocycles. The molecule has 0 aliphatic heterocycles. The highest BCUT2D eigenvalue weighted by molar-refractivity contribution is 6.29. The predicted molar refractivity (Wildman–Crippen MR) is 112 cm³/mol. The number of ketones is 1. The number of hydrogen-bond acceptors (Lipinski definition) is 5. The van der Waals surface area contributed by atoms with Gasteiger partial charge in [-0.05, 0) is 30.5 Å². The number of hydrazine groups is 1. The fourth-order valence-electron chi connectivity index (χ4n) is 3.04. The molecular formula is C20H25ClFN5O4. The molecule has 0 bridgehead atoms. The quantitative estimate of drug-likeness (QED) is 0.322. The summed E-state index contributed by atoms with van der Waals surface area (Å²) in [5.74, 6) is -3.74. The first-order valence-electron chi connectivity index (χ1n) is 9.74. The van der Waals surface area contributed by atoms with Gasteiger partial charge in [-0.1, -0.05) is 31.5 Å². The molecule has 31 heavy (non-hydrogen) atoms. The Labute approximate surface area is 183 Å². The number of aromatic nitrogens is 2. The molecule has 3 N–H and O–H groups in total. The van der Waals surface area contributed by atoms with Gasteiger partial charge in [-0.2, -0.15) is 5.10 Å². The normalized spacial score (nSPS) is 13.1. The van der Waals surface area contributed by atoms with Crippen LogP contribution in [0.15, 0.2) is 30.5 Å². The fourth-order valence-corrected chi connectivity index (χ4v) is 3.16. The van der Waals surface area contributed by atoms with Crippen molar-refractivity contribution >= 4 is 40.6 Å². The first kappa shape index (κ1) is 24.3. The minimum absolute atomic E-state index is 0.0568. The van der Waals surface area contributed by atoms with Crippen molar-refractivity contribution in [3.05, 3.63) is 36.2 Å². The van der Waals surface area contributed by atoms with E-state index in [1.807, 2.05) is 19.9 Å². The van der Waals surface area contributed by atoms with Crippen molar-refractivity contribution in [3.63, 3.8) is 0 Å². The zero-order valence-corrected chi connectivity index (χ0v) is 18.0. The Morgan fingerprint density at radius 2 is 2.00 bits per heavy atom. The van der Waals surface area contributed by atoms with E-state index >= 15 is 0 Å². The second-order valence-corrected chi connectivity index (χ2v) is 7.92. The van der Waals surface area contributed by atoms with Crippen LogP contribution < -0.4 is 11.2 Å². The number of nitrogens with two attached hydrogens (primary N) is 1. The third kappa shape index (κ3) is 7.02. The number of carbonyl (C=O) groups excluding carboxylic acids is 4. The average molecular weight is 454 g/mol. The van der Waals surface area contributed by atoms with E-state index in [0.717, 1.165) is 5.52 Å². The number of Topliss-reactive ketones (excluding diaryl/α,β-unsaturated/α-hetero) is 1. The second kappa shape index (κ2) is 10.9. The van der Waals surface area contributed by atoms with Gasteiger partial charge in [0, 0.05) is 25.0 Å². The molecule has 0 aromatic carbocycles. The van der Waals surface area contributed by atoms with Gasteiger partial charge in [0.25, 0.3) is 11.5 Å². The molecular weight excluding hydrogens is 429 g/mol. The summed E-state index contributed by atoms with van der Waals surface area (Å²) in [7, 11) is 0. The molecule has 0 saturated carbocycles. The number of amides is 3. The molecule has 0 saturated heterocycles. The number of carbonyl (C=O) groups is 4. The lowest BCUT2D eigenvalue weighted by Gasteiger charge is -2.26. The van der Waals surface area contributed by atoms with E-state index < -0.39 is 29.3 Å². The third-order valence-corrected chi connectivity index (χ3v) is 4.68. The van der Waals surface area contributed by atoms with E-state index in [1.165, 1.54) is 0 Å². The monoisotopic (exact) mass is 453 g/mol. The van der Waals surface area contributed by atoms with Gasteiger partial charge in [0.15, 0.2) is 5.78 Å². The highest BCUT2D eigenvalue weighted by atomic mass is 35.5. The van der Waals surface area contributed by atoms with Crippen LogP contribution in [-0.2, 0) is 14.4 Å². The van der Waals surface area contributed by atoms with Gasteiger partial charge in [-0.25, -0.2) is 13.9 Å². The van der Waals surface area contributed by atoms with Gasteiger partial charge >= 0.3 is 0 Å².